The number of nitriles is 2. The highest BCUT2D eigenvalue weighted by Gasteiger charge is 2.16. The van der Waals surface area contributed by atoms with Crippen molar-refractivity contribution in [2.45, 2.75) is 0 Å². The van der Waals surface area contributed by atoms with Crippen LogP contribution < -0.4 is 0 Å². The van der Waals surface area contributed by atoms with E-state index in [1.165, 1.54) is 0 Å². The Morgan fingerprint density at radius 1 is 0.667 bits per heavy atom. The maximum absolute atomic E-state index is 9.25. The van der Waals surface area contributed by atoms with Crippen molar-refractivity contribution in [1.29, 1.82) is 10.5 Å². The molecule has 0 N–H and O–H groups in total. The van der Waals surface area contributed by atoms with Gasteiger partial charge in [0.25, 0.3) is 0 Å². The summed E-state index contributed by atoms with van der Waals surface area (Å²) >= 11 is 0. The Morgan fingerprint density at radius 3 is 1.90 bits per heavy atom. The summed E-state index contributed by atoms with van der Waals surface area (Å²) in [4.78, 5) is 0. The standard InChI is InChI=1S/C18H10N2O/c19-11-13-5-1-3-7-15(13)17-9-10-21-18(17)16-8-4-2-6-14(16)12-20/h1-10H. The second-order valence-corrected chi connectivity index (χ2v) is 4.48. The van der Waals surface area contributed by atoms with Gasteiger partial charge in [-0.25, -0.2) is 0 Å². The van der Waals surface area contributed by atoms with E-state index in [-0.39, 0.29) is 0 Å². The van der Waals surface area contributed by atoms with Gasteiger partial charge in [-0.3, -0.25) is 0 Å². The molecular formula is C18H10N2O. The van der Waals surface area contributed by atoms with Crippen molar-refractivity contribution in [2.75, 3.05) is 0 Å². The zero-order chi connectivity index (χ0) is 14.7. The lowest BCUT2D eigenvalue weighted by atomic mass is 9.96. The van der Waals surface area contributed by atoms with Gasteiger partial charge < -0.3 is 4.42 Å². The van der Waals surface area contributed by atoms with E-state index in [1.54, 1.807) is 18.4 Å². The first-order valence-corrected chi connectivity index (χ1v) is 6.41. The van der Waals surface area contributed by atoms with Crippen molar-refractivity contribution in [1.82, 2.24) is 0 Å². The molecule has 1 heterocycles. The van der Waals surface area contributed by atoms with Gasteiger partial charge in [0.2, 0.25) is 0 Å². The van der Waals surface area contributed by atoms with Crippen LogP contribution in [0.3, 0.4) is 0 Å². The Morgan fingerprint density at radius 2 is 1.24 bits per heavy atom. The highest BCUT2D eigenvalue weighted by Crippen LogP contribution is 2.36. The van der Waals surface area contributed by atoms with Gasteiger partial charge in [0.1, 0.15) is 5.76 Å². The van der Waals surface area contributed by atoms with Gasteiger partial charge in [-0.2, -0.15) is 10.5 Å². The van der Waals surface area contributed by atoms with Crippen molar-refractivity contribution in [3.63, 3.8) is 0 Å². The first kappa shape index (κ1) is 12.7. The number of benzene rings is 2. The molecule has 1 aromatic heterocycles. The van der Waals surface area contributed by atoms with E-state index >= 15 is 0 Å². The van der Waals surface area contributed by atoms with Crippen LogP contribution in [0.5, 0.6) is 0 Å². The third-order valence-electron chi connectivity index (χ3n) is 3.30. The third kappa shape index (κ3) is 2.18. The molecule has 0 bridgehead atoms. The van der Waals surface area contributed by atoms with Crippen molar-refractivity contribution in [3.8, 4) is 34.6 Å². The Kier molecular flexibility index (Phi) is 3.25. The van der Waals surface area contributed by atoms with Crippen LogP contribution in [0.15, 0.2) is 65.3 Å². The lowest BCUT2D eigenvalue weighted by Crippen LogP contribution is -1.87. The molecule has 0 fully saturated rings. The summed E-state index contributed by atoms with van der Waals surface area (Å²) in [5.41, 5.74) is 3.47. The summed E-state index contributed by atoms with van der Waals surface area (Å²) in [7, 11) is 0. The van der Waals surface area contributed by atoms with Crippen molar-refractivity contribution in [2.24, 2.45) is 0 Å². The molecule has 0 spiro atoms. The Bertz CT molecular complexity index is 806. The number of rotatable bonds is 2. The fourth-order valence-corrected chi connectivity index (χ4v) is 2.32. The lowest BCUT2D eigenvalue weighted by Gasteiger charge is -2.06. The van der Waals surface area contributed by atoms with Gasteiger partial charge >= 0.3 is 0 Å². The van der Waals surface area contributed by atoms with Gasteiger partial charge in [0.05, 0.1) is 29.5 Å². The SMILES string of the molecule is N#Cc1ccccc1-c1ccoc1-c1ccccc1C#N. The fourth-order valence-electron chi connectivity index (χ4n) is 2.32. The molecule has 0 saturated heterocycles. The third-order valence-corrected chi connectivity index (χ3v) is 3.30. The van der Waals surface area contributed by atoms with E-state index < -0.39 is 0 Å². The second kappa shape index (κ2) is 5.36. The monoisotopic (exact) mass is 270 g/mol. The molecule has 0 aliphatic carbocycles. The smallest absolute Gasteiger partial charge is 0.143 e. The average Bonchev–Trinajstić information content (AvgIpc) is 3.04. The molecule has 3 nitrogen and oxygen atoms in total. The molecule has 2 aromatic carbocycles. The fraction of sp³-hybridized carbons (Fsp3) is 0. The molecule has 3 rings (SSSR count). The molecule has 0 atom stereocenters. The van der Waals surface area contributed by atoms with E-state index in [0.717, 1.165) is 16.7 Å². The topological polar surface area (TPSA) is 60.7 Å². The van der Waals surface area contributed by atoms with Crippen LogP contribution in [0, 0.1) is 22.7 Å². The molecule has 0 saturated carbocycles. The van der Waals surface area contributed by atoms with E-state index in [2.05, 4.69) is 12.1 Å². The van der Waals surface area contributed by atoms with Crippen LogP contribution in [0.4, 0.5) is 0 Å². The summed E-state index contributed by atoms with van der Waals surface area (Å²) in [5, 5.41) is 18.5. The van der Waals surface area contributed by atoms with Crippen LogP contribution in [0.2, 0.25) is 0 Å². The molecule has 0 amide bonds. The second-order valence-electron chi connectivity index (χ2n) is 4.48. The summed E-state index contributed by atoms with van der Waals surface area (Å²) in [5.74, 6) is 0.606. The summed E-state index contributed by atoms with van der Waals surface area (Å²) in [6, 6.07) is 20.8. The zero-order valence-corrected chi connectivity index (χ0v) is 11.1. The maximum Gasteiger partial charge on any atom is 0.143 e. The highest BCUT2D eigenvalue weighted by atomic mass is 16.3. The Balaban J connectivity index is 2.24. The minimum absolute atomic E-state index is 0.545. The maximum atomic E-state index is 9.25. The molecule has 3 aromatic rings. The largest absolute Gasteiger partial charge is 0.464 e. The molecular weight excluding hydrogens is 260 g/mol. The predicted molar refractivity (Wildman–Crippen MR) is 79.0 cm³/mol. The minimum atomic E-state index is 0.545. The summed E-state index contributed by atoms with van der Waals surface area (Å²) in [6.07, 6.45) is 1.58. The van der Waals surface area contributed by atoms with E-state index in [4.69, 9.17) is 4.42 Å². The van der Waals surface area contributed by atoms with Gasteiger partial charge in [-0.1, -0.05) is 30.3 Å². The highest BCUT2D eigenvalue weighted by molar-refractivity contribution is 5.84. The number of nitrogens with zero attached hydrogens (tertiary/aromatic N) is 2. The van der Waals surface area contributed by atoms with Crippen LogP contribution in [0.25, 0.3) is 22.5 Å². The van der Waals surface area contributed by atoms with Gasteiger partial charge in [0, 0.05) is 16.7 Å². The van der Waals surface area contributed by atoms with E-state index in [9.17, 15) is 10.5 Å². The molecule has 0 aliphatic heterocycles. The lowest BCUT2D eigenvalue weighted by molar-refractivity contribution is 0.583. The zero-order valence-electron chi connectivity index (χ0n) is 11.1. The van der Waals surface area contributed by atoms with Crippen LogP contribution in [0.1, 0.15) is 11.1 Å². The molecule has 98 valence electrons. The molecule has 3 heteroatoms. The minimum Gasteiger partial charge on any atom is -0.464 e. The Hall–Kier alpha value is -3.30. The normalized spacial score (nSPS) is 9.81. The molecule has 0 radical (unpaired) electrons. The van der Waals surface area contributed by atoms with Gasteiger partial charge in [0.15, 0.2) is 0 Å². The number of hydrogen-bond donors (Lipinski definition) is 0. The van der Waals surface area contributed by atoms with Crippen LogP contribution in [-0.2, 0) is 0 Å². The number of furan rings is 1. The first-order chi connectivity index (χ1) is 10.3. The Labute approximate surface area is 122 Å². The van der Waals surface area contributed by atoms with Crippen molar-refractivity contribution in [3.05, 3.63) is 72.0 Å². The average molecular weight is 270 g/mol. The van der Waals surface area contributed by atoms with Crippen LogP contribution >= 0.6 is 0 Å². The summed E-state index contributed by atoms with van der Waals surface area (Å²) in [6.45, 7) is 0. The predicted octanol–water partition coefficient (Wildman–Crippen LogP) is 4.36. The molecule has 21 heavy (non-hydrogen) atoms. The molecule has 0 aliphatic rings. The van der Waals surface area contributed by atoms with Gasteiger partial charge in [-0.15, -0.1) is 0 Å². The van der Waals surface area contributed by atoms with E-state index in [1.807, 2.05) is 42.5 Å². The number of hydrogen-bond acceptors (Lipinski definition) is 3. The van der Waals surface area contributed by atoms with Crippen LogP contribution in [-0.4, -0.2) is 0 Å². The first-order valence-electron chi connectivity index (χ1n) is 6.41. The summed E-state index contributed by atoms with van der Waals surface area (Å²) < 4.78 is 5.59. The quantitative estimate of drug-likeness (QED) is 0.695. The molecule has 0 unspecified atom stereocenters. The van der Waals surface area contributed by atoms with E-state index in [0.29, 0.717) is 16.9 Å². The van der Waals surface area contributed by atoms with Crippen molar-refractivity contribution >= 4 is 0 Å². The van der Waals surface area contributed by atoms with Gasteiger partial charge in [-0.05, 0) is 24.3 Å². The van der Waals surface area contributed by atoms with Crippen molar-refractivity contribution < 1.29 is 4.42 Å².